The maximum Gasteiger partial charge on any atom is 0.0650 e. The Labute approximate surface area is 101 Å². The van der Waals surface area contributed by atoms with Crippen LogP contribution in [0.5, 0.6) is 0 Å². The molecule has 0 aliphatic carbocycles. The fourth-order valence-corrected chi connectivity index (χ4v) is 2.64. The molecule has 16 heavy (non-hydrogen) atoms. The average molecular weight is 237 g/mol. The molecule has 1 aromatic rings. The zero-order valence-corrected chi connectivity index (χ0v) is 10.6. The van der Waals surface area contributed by atoms with Crippen molar-refractivity contribution in [3.05, 3.63) is 34.0 Å². The van der Waals surface area contributed by atoms with Gasteiger partial charge in [0.05, 0.1) is 13.2 Å². The molecule has 3 heteroatoms. The van der Waals surface area contributed by atoms with Crippen LogP contribution in [-0.2, 0) is 4.74 Å². The van der Waals surface area contributed by atoms with Gasteiger partial charge in [-0.05, 0) is 37.8 Å². The summed E-state index contributed by atoms with van der Waals surface area (Å²) in [5.41, 5.74) is 1.54. The van der Waals surface area contributed by atoms with Gasteiger partial charge >= 0.3 is 0 Å². The predicted molar refractivity (Wildman–Crippen MR) is 68.9 cm³/mol. The summed E-state index contributed by atoms with van der Waals surface area (Å²) < 4.78 is 5.29. The van der Waals surface area contributed by atoms with Gasteiger partial charge < -0.3 is 10.1 Å². The van der Waals surface area contributed by atoms with Gasteiger partial charge in [0.25, 0.3) is 0 Å². The zero-order chi connectivity index (χ0) is 11.2. The minimum Gasteiger partial charge on any atom is -0.377 e. The Bertz CT molecular complexity index is 332. The molecule has 1 aliphatic heterocycles. The molecule has 1 aromatic heterocycles. The van der Waals surface area contributed by atoms with Crippen LogP contribution >= 0.6 is 11.3 Å². The summed E-state index contributed by atoms with van der Waals surface area (Å²) in [4.78, 5) is 1.42. The second kappa shape index (κ2) is 6.18. The topological polar surface area (TPSA) is 21.3 Å². The first kappa shape index (κ1) is 11.8. The molecule has 0 radical (unpaired) electrons. The van der Waals surface area contributed by atoms with Gasteiger partial charge in [0, 0.05) is 10.9 Å². The molecule has 1 N–H and O–H groups in total. The lowest BCUT2D eigenvalue weighted by atomic mass is 10.1. The van der Waals surface area contributed by atoms with Crippen molar-refractivity contribution in [2.45, 2.75) is 25.8 Å². The van der Waals surface area contributed by atoms with E-state index in [9.17, 15) is 0 Å². The van der Waals surface area contributed by atoms with E-state index >= 15 is 0 Å². The second-order valence-corrected chi connectivity index (χ2v) is 5.11. The van der Waals surface area contributed by atoms with Crippen LogP contribution in [0.25, 0.3) is 0 Å². The number of nitrogens with one attached hydrogen (secondary N) is 1. The molecule has 1 unspecified atom stereocenters. The maximum atomic E-state index is 5.29. The van der Waals surface area contributed by atoms with Gasteiger partial charge in [0.1, 0.15) is 0 Å². The Balaban J connectivity index is 1.69. The summed E-state index contributed by atoms with van der Waals surface area (Å²) in [5.74, 6) is 0. The Hall–Kier alpha value is -0.640. The van der Waals surface area contributed by atoms with Gasteiger partial charge in [0.2, 0.25) is 0 Å². The number of hydrogen-bond acceptors (Lipinski definition) is 3. The van der Waals surface area contributed by atoms with Crippen molar-refractivity contribution in [1.29, 1.82) is 0 Å². The fraction of sp³-hybridized carbons (Fsp3) is 0.538. The Morgan fingerprint density at radius 1 is 1.56 bits per heavy atom. The molecule has 1 atom stereocenters. The third kappa shape index (κ3) is 3.44. The Kier molecular flexibility index (Phi) is 4.57. The smallest absolute Gasteiger partial charge is 0.0650 e. The highest BCUT2D eigenvalue weighted by molar-refractivity contribution is 7.10. The lowest BCUT2D eigenvalue weighted by Gasteiger charge is -2.16. The van der Waals surface area contributed by atoms with Gasteiger partial charge in [-0.1, -0.05) is 17.7 Å². The first-order valence-electron chi connectivity index (χ1n) is 5.88. The number of hydrogen-bond donors (Lipinski definition) is 1. The van der Waals surface area contributed by atoms with Gasteiger partial charge in [-0.2, -0.15) is 0 Å². The molecule has 0 aromatic carbocycles. The van der Waals surface area contributed by atoms with Crippen LogP contribution in [0.15, 0.2) is 29.2 Å². The Morgan fingerprint density at radius 3 is 3.19 bits per heavy atom. The molecule has 88 valence electrons. The van der Waals surface area contributed by atoms with Crippen LogP contribution in [0.4, 0.5) is 0 Å². The number of rotatable bonds is 5. The molecule has 2 rings (SSSR count). The molecule has 0 amide bonds. The van der Waals surface area contributed by atoms with E-state index in [-0.39, 0.29) is 0 Å². The van der Waals surface area contributed by atoms with E-state index in [1.807, 2.05) is 11.3 Å². The largest absolute Gasteiger partial charge is 0.377 e. The molecule has 1 aliphatic rings. The number of thiophene rings is 1. The van der Waals surface area contributed by atoms with E-state index in [0.717, 1.165) is 32.6 Å². The van der Waals surface area contributed by atoms with Gasteiger partial charge in [0.15, 0.2) is 0 Å². The molecule has 0 bridgehead atoms. The van der Waals surface area contributed by atoms with E-state index in [1.54, 1.807) is 0 Å². The van der Waals surface area contributed by atoms with E-state index in [1.165, 1.54) is 10.5 Å². The summed E-state index contributed by atoms with van der Waals surface area (Å²) in [6.45, 7) is 4.98. The molecular formula is C13H19NOS. The van der Waals surface area contributed by atoms with Crippen LogP contribution in [0.1, 0.15) is 30.7 Å². The van der Waals surface area contributed by atoms with E-state index in [4.69, 9.17) is 4.74 Å². The average Bonchev–Trinajstić information content (AvgIpc) is 2.84. The van der Waals surface area contributed by atoms with Crippen LogP contribution in [0, 0.1) is 0 Å². The maximum absolute atomic E-state index is 5.29. The van der Waals surface area contributed by atoms with E-state index in [2.05, 4.69) is 35.8 Å². The predicted octanol–water partition coefficient (Wildman–Crippen LogP) is 3.14. The summed E-state index contributed by atoms with van der Waals surface area (Å²) in [6.07, 6.45) is 4.48. The van der Waals surface area contributed by atoms with Crippen molar-refractivity contribution in [2.24, 2.45) is 0 Å². The zero-order valence-electron chi connectivity index (χ0n) is 9.74. The third-order valence-corrected chi connectivity index (χ3v) is 3.98. The standard InChI is InChI=1S/C13H19NOS/c1-11(13-3-2-10-16-13)14-7-4-12-5-8-15-9-6-12/h2-3,5,10-11,14H,4,6-9H2,1H3. The molecule has 2 nitrogen and oxygen atoms in total. The van der Waals surface area contributed by atoms with Crippen molar-refractivity contribution in [3.63, 3.8) is 0 Å². The van der Waals surface area contributed by atoms with Crippen LogP contribution < -0.4 is 5.32 Å². The normalized spacial score (nSPS) is 18.2. The summed E-state index contributed by atoms with van der Waals surface area (Å²) in [6, 6.07) is 4.77. The lowest BCUT2D eigenvalue weighted by Crippen LogP contribution is -2.20. The first-order valence-corrected chi connectivity index (χ1v) is 6.76. The minimum absolute atomic E-state index is 0.473. The highest BCUT2D eigenvalue weighted by Crippen LogP contribution is 2.18. The quantitative estimate of drug-likeness (QED) is 0.794. The van der Waals surface area contributed by atoms with Crippen LogP contribution in [-0.4, -0.2) is 19.8 Å². The summed E-state index contributed by atoms with van der Waals surface area (Å²) in [7, 11) is 0. The minimum atomic E-state index is 0.473. The molecule has 0 fully saturated rings. The Morgan fingerprint density at radius 2 is 2.50 bits per heavy atom. The van der Waals surface area contributed by atoms with E-state index in [0.29, 0.717) is 6.04 Å². The van der Waals surface area contributed by atoms with Crippen LogP contribution in [0.3, 0.4) is 0 Å². The monoisotopic (exact) mass is 237 g/mol. The van der Waals surface area contributed by atoms with Crippen LogP contribution in [0.2, 0.25) is 0 Å². The van der Waals surface area contributed by atoms with Gasteiger partial charge in [-0.15, -0.1) is 11.3 Å². The third-order valence-electron chi connectivity index (χ3n) is 2.92. The van der Waals surface area contributed by atoms with E-state index < -0.39 is 0 Å². The van der Waals surface area contributed by atoms with Crippen molar-refractivity contribution >= 4 is 11.3 Å². The highest BCUT2D eigenvalue weighted by Gasteiger charge is 2.07. The van der Waals surface area contributed by atoms with Gasteiger partial charge in [-0.25, -0.2) is 0 Å². The molecule has 0 saturated carbocycles. The fourth-order valence-electron chi connectivity index (χ4n) is 1.88. The van der Waals surface area contributed by atoms with Gasteiger partial charge in [-0.3, -0.25) is 0 Å². The summed E-state index contributed by atoms with van der Waals surface area (Å²) in [5, 5.41) is 5.69. The van der Waals surface area contributed by atoms with Crippen molar-refractivity contribution in [2.75, 3.05) is 19.8 Å². The highest BCUT2D eigenvalue weighted by atomic mass is 32.1. The molecule has 0 saturated heterocycles. The number of ether oxygens (including phenoxy) is 1. The summed E-state index contributed by atoms with van der Waals surface area (Å²) >= 11 is 1.82. The first-order chi connectivity index (χ1) is 7.86. The molecule has 0 spiro atoms. The SMILES string of the molecule is CC(NCCC1=CCOCC1)c1cccs1. The molecule has 2 heterocycles. The molecular weight excluding hydrogens is 218 g/mol. The van der Waals surface area contributed by atoms with Crippen molar-refractivity contribution in [1.82, 2.24) is 5.32 Å². The lowest BCUT2D eigenvalue weighted by molar-refractivity contribution is 0.153. The second-order valence-electron chi connectivity index (χ2n) is 4.13. The van der Waals surface area contributed by atoms with Crippen molar-refractivity contribution in [3.8, 4) is 0 Å². The van der Waals surface area contributed by atoms with Crippen molar-refractivity contribution < 1.29 is 4.74 Å².